The van der Waals surface area contributed by atoms with Crippen LogP contribution in [0.3, 0.4) is 0 Å². The first kappa shape index (κ1) is 20.4. The predicted octanol–water partition coefficient (Wildman–Crippen LogP) is 4.59. The van der Waals surface area contributed by atoms with E-state index in [9.17, 15) is 4.79 Å². The van der Waals surface area contributed by atoms with Crippen LogP contribution in [-0.2, 0) is 6.42 Å². The van der Waals surface area contributed by atoms with Crippen LogP contribution < -0.4 is 0 Å². The first-order valence-corrected chi connectivity index (χ1v) is 9.65. The zero-order valence-electron chi connectivity index (χ0n) is 17.4. The lowest BCUT2D eigenvalue weighted by molar-refractivity contribution is 0.101. The van der Waals surface area contributed by atoms with E-state index in [1.165, 1.54) is 0 Å². The van der Waals surface area contributed by atoms with Crippen molar-refractivity contribution < 1.29 is 4.79 Å². The number of likely N-dealkylation sites (N-methyl/N-ethyl adjacent to an activating group) is 1. The topological polar surface area (TPSA) is 69.9 Å². The number of hydrogen-bond donors (Lipinski definition) is 1. The molecule has 5 heteroatoms. The fourth-order valence-electron chi connectivity index (χ4n) is 3.24. The van der Waals surface area contributed by atoms with Crippen LogP contribution in [0.25, 0.3) is 10.9 Å². The largest absolute Gasteiger partial charge is 0.378 e. The second kappa shape index (κ2) is 8.78. The number of ketones is 1. The molecule has 3 aromatic rings. The monoisotopic (exact) mass is 386 g/mol. The summed E-state index contributed by atoms with van der Waals surface area (Å²) in [6, 6.07) is 11.6. The number of hydrogen-bond acceptors (Lipinski definition) is 5. The van der Waals surface area contributed by atoms with Gasteiger partial charge < -0.3 is 10.3 Å². The highest BCUT2D eigenvalue weighted by Crippen LogP contribution is 2.21. The summed E-state index contributed by atoms with van der Waals surface area (Å²) in [7, 11) is 2.02. The molecule has 0 aliphatic carbocycles. The van der Waals surface area contributed by atoms with Gasteiger partial charge in [0.1, 0.15) is 0 Å². The number of aromatic nitrogens is 2. The summed E-state index contributed by atoms with van der Waals surface area (Å²) in [6.45, 7) is 6.31. The van der Waals surface area contributed by atoms with E-state index < -0.39 is 0 Å². The molecule has 1 N–H and O–H groups in total. The molecule has 0 unspecified atom stereocenters. The highest BCUT2D eigenvalue weighted by Gasteiger charge is 2.10. The number of nitrogens with zero attached hydrogens (tertiary/aromatic N) is 3. The van der Waals surface area contributed by atoms with Crippen molar-refractivity contribution in [2.24, 2.45) is 0 Å². The molecular weight excluding hydrogens is 360 g/mol. The molecule has 3 rings (SSSR count). The van der Waals surface area contributed by atoms with E-state index in [1.54, 1.807) is 25.4 Å². The van der Waals surface area contributed by atoms with E-state index in [4.69, 9.17) is 5.41 Å². The number of carbonyl (C=O) groups excluding carboxylic acids is 1. The zero-order valence-corrected chi connectivity index (χ0v) is 17.4. The van der Waals surface area contributed by atoms with Crippen molar-refractivity contribution in [3.05, 3.63) is 82.9 Å². The van der Waals surface area contributed by atoms with Gasteiger partial charge in [-0.1, -0.05) is 18.2 Å². The molecule has 0 amide bonds. The summed E-state index contributed by atoms with van der Waals surface area (Å²) in [6.07, 6.45) is 6.10. The average molecular weight is 386 g/mol. The van der Waals surface area contributed by atoms with Crippen molar-refractivity contribution >= 4 is 22.4 Å². The second-order valence-corrected chi connectivity index (χ2v) is 7.29. The standard InChI is InChI=1S/C24H26N4O/c1-16-8-9-20(15-27-16)23(25)14-17(2)28(4)13-11-19-6-5-7-22-21(18(3)29)10-12-26-24(19)22/h5-10,12,14-15,25H,11,13H2,1-4H3/b17-14+,25-23?. The third kappa shape index (κ3) is 4.74. The van der Waals surface area contributed by atoms with Gasteiger partial charge in [-0.2, -0.15) is 0 Å². The maximum Gasteiger partial charge on any atom is 0.160 e. The van der Waals surface area contributed by atoms with Gasteiger partial charge in [0.2, 0.25) is 0 Å². The minimum atomic E-state index is 0.0505. The molecule has 1 aromatic carbocycles. The number of allylic oxidation sites excluding steroid dienone is 2. The summed E-state index contributed by atoms with van der Waals surface area (Å²) in [5.41, 5.74) is 5.90. The number of carbonyl (C=O) groups is 1. The van der Waals surface area contributed by atoms with Gasteiger partial charge in [0.05, 0.1) is 11.2 Å². The molecule has 0 fully saturated rings. The van der Waals surface area contributed by atoms with Gasteiger partial charge in [-0.3, -0.25) is 14.8 Å². The lowest BCUT2D eigenvalue weighted by Gasteiger charge is -2.20. The number of Topliss-reactive ketones (excluding diaryl/α,β-unsaturated/α-hetero) is 1. The van der Waals surface area contributed by atoms with Crippen LogP contribution >= 0.6 is 0 Å². The van der Waals surface area contributed by atoms with Gasteiger partial charge in [-0.15, -0.1) is 0 Å². The summed E-state index contributed by atoms with van der Waals surface area (Å²) in [5, 5.41) is 9.21. The summed E-state index contributed by atoms with van der Waals surface area (Å²) in [5.74, 6) is 0.0505. The fourth-order valence-corrected chi connectivity index (χ4v) is 3.24. The Bertz CT molecular complexity index is 1080. The molecular formula is C24H26N4O. The molecule has 0 spiro atoms. The number of rotatable bonds is 7. The van der Waals surface area contributed by atoms with Crippen LogP contribution in [0.1, 0.15) is 41.0 Å². The van der Waals surface area contributed by atoms with Crippen molar-refractivity contribution in [3.8, 4) is 0 Å². The van der Waals surface area contributed by atoms with Crippen LogP contribution in [0.2, 0.25) is 0 Å². The number of benzene rings is 1. The second-order valence-electron chi connectivity index (χ2n) is 7.29. The zero-order chi connectivity index (χ0) is 21.0. The Balaban J connectivity index is 1.74. The maximum atomic E-state index is 11.9. The van der Waals surface area contributed by atoms with Crippen molar-refractivity contribution in [2.45, 2.75) is 27.2 Å². The third-order valence-electron chi connectivity index (χ3n) is 5.13. The number of para-hydroxylation sites is 1. The lowest BCUT2D eigenvalue weighted by atomic mass is 10.0. The number of pyridine rings is 2. The van der Waals surface area contributed by atoms with Crippen molar-refractivity contribution in [1.82, 2.24) is 14.9 Å². The highest BCUT2D eigenvalue weighted by molar-refractivity contribution is 6.07. The maximum absolute atomic E-state index is 11.9. The van der Waals surface area contributed by atoms with E-state index in [2.05, 4.69) is 20.9 Å². The molecule has 0 bridgehead atoms. The third-order valence-corrected chi connectivity index (χ3v) is 5.13. The Hall–Kier alpha value is -3.34. The quantitative estimate of drug-likeness (QED) is 0.476. The van der Waals surface area contributed by atoms with E-state index in [0.717, 1.165) is 46.4 Å². The molecule has 2 aromatic heterocycles. The van der Waals surface area contributed by atoms with Crippen molar-refractivity contribution in [2.75, 3.05) is 13.6 Å². The van der Waals surface area contributed by atoms with Crippen molar-refractivity contribution in [3.63, 3.8) is 0 Å². The van der Waals surface area contributed by atoms with Crippen LogP contribution in [0.15, 0.2) is 60.6 Å². The lowest BCUT2D eigenvalue weighted by Crippen LogP contribution is -2.20. The van der Waals surface area contributed by atoms with Gasteiger partial charge in [-0.05, 0) is 57.0 Å². The average Bonchev–Trinajstić information content (AvgIpc) is 2.71. The molecule has 29 heavy (non-hydrogen) atoms. The van der Waals surface area contributed by atoms with Gasteiger partial charge in [0, 0.05) is 53.9 Å². The van der Waals surface area contributed by atoms with Crippen LogP contribution in [0, 0.1) is 12.3 Å². The van der Waals surface area contributed by atoms with E-state index >= 15 is 0 Å². The normalized spacial score (nSPS) is 11.5. The molecule has 0 saturated heterocycles. The highest BCUT2D eigenvalue weighted by atomic mass is 16.1. The van der Waals surface area contributed by atoms with Gasteiger partial charge in [0.15, 0.2) is 5.78 Å². The van der Waals surface area contributed by atoms with Crippen molar-refractivity contribution in [1.29, 1.82) is 5.41 Å². The Morgan fingerprint density at radius 2 is 1.93 bits per heavy atom. The molecule has 0 atom stereocenters. The molecule has 0 aliphatic heterocycles. The summed E-state index contributed by atoms with van der Waals surface area (Å²) >= 11 is 0. The summed E-state index contributed by atoms with van der Waals surface area (Å²) in [4.78, 5) is 22.8. The van der Waals surface area contributed by atoms with Crippen LogP contribution in [0.5, 0.6) is 0 Å². The number of nitrogens with one attached hydrogen (secondary N) is 1. The predicted molar refractivity (Wildman–Crippen MR) is 118 cm³/mol. The number of aryl methyl sites for hydroxylation is 1. The summed E-state index contributed by atoms with van der Waals surface area (Å²) < 4.78 is 0. The minimum Gasteiger partial charge on any atom is -0.378 e. The Morgan fingerprint density at radius 1 is 1.14 bits per heavy atom. The molecule has 0 radical (unpaired) electrons. The molecule has 0 saturated carbocycles. The minimum absolute atomic E-state index is 0.0505. The van der Waals surface area contributed by atoms with Crippen LogP contribution in [-0.4, -0.2) is 40.0 Å². The Labute approximate surface area is 171 Å². The molecule has 2 heterocycles. The first-order valence-electron chi connectivity index (χ1n) is 9.65. The Kier molecular flexibility index (Phi) is 6.17. The smallest absolute Gasteiger partial charge is 0.160 e. The SMILES string of the molecule is CC(=O)c1ccnc2c(CCN(C)/C(C)=C/C(=N)c3ccc(C)nc3)cccc12. The first-order chi connectivity index (χ1) is 13.9. The molecule has 148 valence electrons. The van der Waals surface area contributed by atoms with Crippen LogP contribution in [0.4, 0.5) is 0 Å². The van der Waals surface area contributed by atoms with Gasteiger partial charge in [-0.25, -0.2) is 0 Å². The van der Waals surface area contributed by atoms with E-state index in [0.29, 0.717) is 11.3 Å². The molecule has 5 nitrogen and oxygen atoms in total. The Morgan fingerprint density at radius 3 is 2.62 bits per heavy atom. The molecule has 0 aliphatic rings. The van der Waals surface area contributed by atoms with Gasteiger partial charge in [0.25, 0.3) is 0 Å². The number of fused-ring (bicyclic) bond motifs is 1. The fraction of sp³-hybridized carbons (Fsp3) is 0.250. The van der Waals surface area contributed by atoms with E-state index in [-0.39, 0.29) is 5.78 Å². The van der Waals surface area contributed by atoms with Gasteiger partial charge >= 0.3 is 0 Å². The van der Waals surface area contributed by atoms with E-state index in [1.807, 2.05) is 51.2 Å².